The molecular formula is C22H38N2Si2. The molecule has 0 bridgehead atoms. The van der Waals surface area contributed by atoms with Gasteiger partial charge in [-0.2, -0.15) is 0 Å². The zero-order valence-corrected chi connectivity index (χ0v) is 20.5. The van der Waals surface area contributed by atoms with Crippen molar-refractivity contribution in [2.45, 2.75) is 77.8 Å². The van der Waals surface area contributed by atoms with Gasteiger partial charge in [-0.15, -0.1) is 0 Å². The van der Waals surface area contributed by atoms with Crippen molar-refractivity contribution in [3.8, 4) is 0 Å². The summed E-state index contributed by atoms with van der Waals surface area (Å²) in [6.07, 6.45) is 0. The number of anilines is 2. The number of rotatable bonds is 4. The lowest BCUT2D eigenvalue weighted by atomic mass is 10.1. The van der Waals surface area contributed by atoms with Gasteiger partial charge in [0, 0.05) is 16.8 Å². The maximum Gasteiger partial charge on any atom is 0.152 e. The highest BCUT2D eigenvalue weighted by Gasteiger charge is 2.37. The fourth-order valence-corrected chi connectivity index (χ4v) is 5.11. The Morgan fingerprint density at radius 2 is 0.962 bits per heavy atom. The van der Waals surface area contributed by atoms with Gasteiger partial charge in [-0.25, -0.2) is 0 Å². The van der Waals surface area contributed by atoms with Gasteiger partial charge in [0.15, 0.2) is 16.5 Å². The summed E-state index contributed by atoms with van der Waals surface area (Å²) in [5.41, 5.74) is 2.55. The predicted octanol–water partition coefficient (Wildman–Crippen LogP) is 7.67. The molecule has 0 aliphatic carbocycles. The largest absolute Gasteiger partial charge is 0.410 e. The van der Waals surface area contributed by atoms with Crippen LogP contribution in [0.3, 0.4) is 0 Å². The van der Waals surface area contributed by atoms with Crippen LogP contribution in [-0.4, -0.2) is 16.5 Å². The average molecular weight is 387 g/mol. The monoisotopic (exact) mass is 386 g/mol. The van der Waals surface area contributed by atoms with Crippen molar-refractivity contribution >= 4 is 38.6 Å². The van der Waals surface area contributed by atoms with Gasteiger partial charge in [0.05, 0.1) is 0 Å². The van der Waals surface area contributed by atoms with Crippen LogP contribution in [0.15, 0.2) is 36.4 Å². The number of hydrogen-bond acceptors (Lipinski definition) is 2. The molecule has 0 amide bonds. The molecule has 0 saturated carbocycles. The molecule has 2 aromatic rings. The SMILES string of the molecule is CC(C)(C)[Si](C)(C)Nc1cccc2cccc(N[Si](C)(C)C(C)(C)C)c12. The van der Waals surface area contributed by atoms with E-state index >= 15 is 0 Å². The van der Waals surface area contributed by atoms with Crippen LogP contribution in [0.1, 0.15) is 41.5 Å². The Morgan fingerprint density at radius 3 is 1.27 bits per heavy atom. The molecule has 0 atom stereocenters. The Kier molecular flexibility index (Phi) is 5.44. The minimum Gasteiger partial charge on any atom is -0.410 e. The van der Waals surface area contributed by atoms with E-state index in [2.05, 4.69) is 114 Å². The minimum atomic E-state index is -1.65. The van der Waals surface area contributed by atoms with Crippen LogP contribution in [0.5, 0.6) is 0 Å². The second-order valence-electron chi connectivity index (χ2n) is 10.7. The molecule has 2 aromatic carbocycles. The Morgan fingerprint density at radius 1 is 0.615 bits per heavy atom. The molecule has 2 rings (SSSR count). The number of hydrogen-bond donors (Lipinski definition) is 2. The maximum atomic E-state index is 3.98. The Labute approximate surface area is 163 Å². The first-order valence-corrected chi connectivity index (χ1v) is 15.7. The van der Waals surface area contributed by atoms with Crippen molar-refractivity contribution in [3.05, 3.63) is 36.4 Å². The molecule has 0 unspecified atom stereocenters. The third-order valence-corrected chi connectivity index (χ3v) is 15.8. The Bertz CT molecular complexity index is 718. The highest BCUT2D eigenvalue weighted by atomic mass is 28.3. The van der Waals surface area contributed by atoms with Crippen molar-refractivity contribution in [1.29, 1.82) is 0 Å². The van der Waals surface area contributed by atoms with E-state index in [9.17, 15) is 0 Å². The molecule has 144 valence electrons. The summed E-state index contributed by atoms with van der Waals surface area (Å²) in [6, 6.07) is 13.3. The quantitative estimate of drug-likeness (QED) is 0.527. The summed E-state index contributed by atoms with van der Waals surface area (Å²) in [4.78, 5) is 7.96. The van der Waals surface area contributed by atoms with Crippen molar-refractivity contribution in [2.75, 3.05) is 9.96 Å². The second-order valence-corrected chi connectivity index (χ2v) is 20.7. The zero-order chi connectivity index (χ0) is 20.0. The minimum absolute atomic E-state index is 0.289. The molecule has 0 aromatic heterocycles. The molecule has 4 heteroatoms. The number of nitrogens with one attached hydrogen (secondary N) is 2. The van der Waals surface area contributed by atoms with Gasteiger partial charge in [-0.3, -0.25) is 0 Å². The molecule has 0 aliphatic rings. The van der Waals surface area contributed by atoms with Crippen LogP contribution in [-0.2, 0) is 0 Å². The average Bonchev–Trinajstić information content (AvgIpc) is 2.44. The second kappa shape index (κ2) is 6.72. The van der Waals surface area contributed by atoms with Crippen molar-refractivity contribution < 1.29 is 0 Å². The van der Waals surface area contributed by atoms with Crippen LogP contribution in [0.4, 0.5) is 11.4 Å². The highest BCUT2D eigenvalue weighted by molar-refractivity contribution is 6.84. The lowest BCUT2D eigenvalue weighted by Gasteiger charge is -2.40. The van der Waals surface area contributed by atoms with E-state index in [1.165, 1.54) is 22.1 Å². The number of benzene rings is 2. The molecular weight excluding hydrogens is 348 g/mol. The summed E-state index contributed by atoms with van der Waals surface area (Å²) >= 11 is 0. The van der Waals surface area contributed by atoms with E-state index < -0.39 is 16.5 Å². The maximum absolute atomic E-state index is 3.98. The lowest BCUT2D eigenvalue weighted by molar-refractivity contribution is 0.723. The van der Waals surface area contributed by atoms with E-state index in [-0.39, 0.29) is 10.1 Å². The number of fused-ring (bicyclic) bond motifs is 1. The van der Waals surface area contributed by atoms with Crippen molar-refractivity contribution in [3.63, 3.8) is 0 Å². The fourth-order valence-electron chi connectivity index (χ4n) is 2.60. The lowest BCUT2D eigenvalue weighted by Crippen LogP contribution is -2.46. The van der Waals surface area contributed by atoms with Crippen LogP contribution >= 0.6 is 0 Å². The molecule has 26 heavy (non-hydrogen) atoms. The van der Waals surface area contributed by atoms with E-state index in [0.717, 1.165) is 0 Å². The molecule has 2 nitrogen and oxygen atoms in total. The predicted molar refractivity (Wildman–Crippen MR) is 126 cm³/mol. The first-order chi connectivity index (χ1) is 11.7. The first kappa shape index (κ1) is 21.0. The summed E-state index contributed by atoms with van der Waals surface area (Å²) < 4.78 is 0. The summed E-state index contributed by atoms with van der Waals surface area (Å²) in [6.45, 7) is 23.8. The Balaban J connectivity index is 2.58. The molecule has 0 spiro atoms. The van der Waals surface area contributed by atoms with Crippen LogP contribution in [0.2, 0.25) is 36.3 Å². The normalized spacial score (nSPS) is 13.8. The molecule has 0 fully saturated rings. The van der Waals surface area contributed by atoms with Gasteiger partial charge < -0.3 is 9.96 Å². The fraction of sp³-hybridized carbons (Fsp3) is 0.545. The standard InChI is InChI=1S/C22H38N2Si2/c1-21(2,3)25(7,8)23-18-15-11-13-17-14-12-16-19(20(17)18)24-26(9,10)22(4,5)6/h11-16,23-24H,1-10H3. The smallest absolute Gasteiger partial charge is 0.152 e. The zero-order valence-electron chi connectivity index (χ0n) is 18.5. The van der Waals surface area contributed by atoms with E-state index in [4.69, 9.17) is 0 Å². The Hall–Kier alpha value is -1.27. The third kappa shape index (κ3) is 4.17. The van der Waals surface area contributed by atoms with Gasteiger partial charge in [-0.05, 0) is 27.6 Å². The highest BCUT2D eigenvalue weighted by Crippen LogP contribution is 2.41. The molecule has 0 radical (unpaired) electrons. The molecule has 0 aliphatic heterocycles. The van der Waals surface area contributed by atoms with Crippen LogP contribution < -0.4 is 9.96 Å². The summed E-state index contributed by atoms with van der Waals surface area (Å²) in [7, 11) is -3.30. The van der Waals surface area contributed by atoms with Gasteiger partial charge >= 0.3 is 0 Å². The summed E-state index contributed by atoms with van der Waals surface area (Å²) in [5, 5.41) is 3.22. The van der Waals surface area contributed by atoms with Gasteiger partial charge in [0.2, 0.25) is 0 Å². The van der Waals surface area contributed by atoms with E-state index in [0.29, 0.717) is 0 Å². The van der Waals surface area contributed by atoms with E-state index in [1.54, 1.807) is 0 Å². The summed E-state index contributed by atoms with van der Waals surface area (Å²) in [5.74, 6) is 0. The van der Waals surface area contributed by atoms with Gasteiger partial charge in [0.1, 0.15) is 0 Å². The van der Waals surface area contributed by atoms with E-state index in [1.807, 2.05) is 0 Å². The van der Waals surface area contributed by atoms with Gasteiger partial charge in [0.25, 0.3) is 0 Å². The first-order valence-electron chi connectivity index (χ1n) is 9.74. The van der Waals surface area contributed by atoms with Gasteiger partial charge in [-0.1, -0.05) is 92.0 Å². The topological polar surface area (TPSA) is 24.1 Å². The molecule has 0 heterocycles. The molecule has 2 N–H and O–H groups in total. The van der Waals surface area contributed by atoms with Crippen LogP contribution in [0.25, 0.3) is 10.8 Å². The molecule has 0 saturated heterocycles. The van der Waals surface area contributed by atoms with Crippen molar-refractivity contribution in [1.82, 2.24) is 0 Å². The van der Waals surface area contributed by atoms with Crippen LogP contribution in [0, 0.1) is 0 Å². The third-order valence-electron chi connectivity index (χ3n) is 6.55. The van der Waals surface area contributed by atoms with Crippen molar-refractivity contribution in [2.24, 2.45) is 0 Å².